The van der Waals surface area contributed by atoms with Gasteiger partial charge in [-0.1, -0.05) is 31.9 Å². The van der Waals surface area contributed by atoms with Gasteiger partial charge in [0.25, 0.3) is 0 Å². The fraction of sp³-hybridized carbons (Fsp3) is 0.667. The molecule has 1 aromatic carbocycles. The van der Waals surface area contributed by atoms with E-state index in [1.165, 1.54) is 37.7 Å². The zero-order valence-electron chi connectivity index (χ0n) is 13.5. The zero-order chi connectivity index (χ0) is 15.2. The van der Waals surface area contributed by atoms with Gasteiger partial charge in [0.05, 0.1) is 6.10 Å². The number of rotatable bonds is 6. The molecule has 1 saturated carbocycles. The lowest BCUT2D eigenvalue weighted by molar-refractivity contribution is 0.128. The Morgan fingerprint density at radius 1 is 1.24 bits per heavy atom. The first kappa shape index (κ1) is 16.6. The van der Waals surface area contributed by atoms with Crippen LogP contribution in [0.5, 0.6) is 5.75 Å². The number of hydrogen-bond acceptors (Lipinski definition) is 2. The van der Waals surface area contributed by atoms with Crippen molar-refractivity contribution in [3.63, 3.8) is 0 Å². The van der Waals surface area contributed by atoms with Crippen LogP contribution in [0.15, 0.2) is 18.2 Å². The van der Waals surface area contributed by atoms with Crippen molar-refractivity contribution < 1.29 is 4.74 Å². The quantitative estimate of drug-likeness (QED) is 0.764. The van der Waals surface area contributed by atoms with Crippen molar-refractivity contribution in [1.82, 2.24) is 5.32 Å². The van der Waals surface area contributed by atoms with Gasteiger partial charge in [-0.3, -0.25) is 0 Å². The lowest BCUT2D eigenvalue weighted by Crippen LogP contribution is -2.25. The Balaban J connectivity index is 2.05. The van der Waals surface area contributed by atoms with Crippen molar-refractivity contribution in [1.29, 1.82) is 0 Å². The van der Waals surface area contributed by atoms with Gasteiger partial charge < -0.3 is 10.1 Å². The van der Waals surface area contributed by atoms with Gasteiger partial charge in [-0.05, 0) is 63.3 Å². The van der Waals surface area contributed by atoms with Gasteiger partial charge in [0.2, 0.25) is 0 Å². The Hall–Kier alpha value is -0.730. The van der Waals surface area contributed by atoms with E-state index in [-0.39, 0.29) is 6.04 Å². The van der Waals surface area contributed by atoms with Crippen LogP contribution >= 0.6 is 11.6 Å². The summed E-state index contributed by atoms with van der Waals surface area (Å²) >= 11 is 6.16. The number of hydrogen-bond donors (Lipinski definition) is 1. The highest BCUT2D eigenvalue weighted by Gasteiger charge is 2.22. The molecule has 1 unspecified atom stereocenters. The predicted octanol–water partition coefficient (Wildman–Crippen LogP) is 5.36. The van der Waals surface area contributed by atoms with Crippen LogP contribution in [0.2, 0.25) is 5.02 Å². The molecule has 3 heteroatoms. The van der Waals surface area contributed by atoms with Crippen molar-refractivity contribution >= 4 is 11.6 Å². The maximum Gasteiger partial charge on any atom is 0.124 e. The third-order valence-corrected chi connectivity index (χ3v) is 4.85. The summed E-state index contributed by atoms with van der Waals surface area (Å²) in [5.74, 6) is 1.89. The van der Waals surface area contributed by atoms with Gasteiger partial charge in [-0.15, -0.1) is 0 Å². The normalized spacial score (nSPS) is 23.8. The minimum atomic E-state index is 0.260. The first-order valence-electron chi connectivity index (χ1n) is 8.33. The predicted molar refractivity (Wildman–Crippen MR) is 90.2 cm³/mol. The molecule has 2 nitrogen and oxygen atoms in total. The second-order valence-electron chi connectivity index (χ2n) is 6.13. The van der Waals surface area contributed by atoms with Crippen molar-refractivity contribution in [2.75, 3.05) is 6.54 Å². The summed E-state index contributed by atoms with van der Waals surface area (Å²) in [5, 5.41) is 4.22. The van der Waals surface area contributed by atoms with Crippen LogP contribution in [0.25, 0.3) is 0 Å². The molecule has 21 heavy (non-hydrogen) atoms. The topological polar surface area (TPSA) is 21.3 Å². The largest absolute Gasteiger partial charge is 0.490 e. The second-order valence-corrected chi connectivity index (χ2v) is 6.57. The third-order valence-electron chi connectivity index (χ3n) is 4.61. The van der Waals surface area contributed by atoms with Crippen LogP contribution < -0.4 is 10.1 Å². The summed E-state index contributed by atoms with van der Waals surface area (Å²) < 4.78 is 6.30. The van der Waals surface area contributed by atoms with Crippen molar-refractivity contribution in [3.8, 4) is 5.75 Å². The van der Waals surface area contributed by atoms with E-state index in [0.717, 1.165) is 23.2 Å². The van der Waals surface area contributed by atoms with E-state index < -0.39 is 0 Å². The number of nitrogens with one attached hydrogen (secondary N) is 1. The molecule has 0 aromatic heterocycles. The molecule has 118 valence electrons. The van der Waals surface area contributed by atoms with Crippen LogP contribution in [0.3, 0.4) is 0 Å². The highest BCUT2D eigenvalue weighted by atomic mass is 35.5. The molecule has 1 N–H and O–H groups in total. The minimum absolute atomic E-state index is 0.260. The minimum Gasteiger partial charge on any atom is -0.490 e. The van der Waals surface area contributed by atoms with E-state index in [0.29, 0.717) is 6.10 Å². The van der Waals surface area contributed by atoms with E-state index in [4.69, 9.17) is 16.3 Å². The third kappa shape index (κ3) is 4.62. The van der Waals surface area contributed by atoms with Crippen LogP contribution in [-0.2, 0) is 0 Å². The second kappa shape index (κ2) is 8.05. The fourth-order valence-corrected chi connectivity index (χ4v) is 3.40. The van der Waals surface area contributed by atoms with Crippen LogP contribution in [-0.4, -0.2) is 12.6 Å². The summed E-state index contributed by atoms with van der Waals surface area (Å²) in [4.78, 5) is 0. The Kier molecular flexibility index (Phi) is 6.38. The summed E-state index contributed by atoms with van der Waals surface area (Å²) in [7, 11) is 0. The highest BCUT2D eigenvalue weighted by Crippen LogP contribution is 2.33. The van der Waals surface area contributed by atoms with Crippen LogP contribution in [0, 0.1) is 5.92 Å². The Bertz CT molecular complexity index is 441. The summed E-state index contributed by atoms with van der Waals surface area (Å²) in [5.41, 5.74) is 1.17. The molecule has 1 aromatic rings. The molecule has 0 saturated heterocycles. The van der Waals surface area contributed by atoms with E-state index in [1.54, 1.807) is 0 Å². The van der Waals surface area contributed by atoms with Gasteiger partial charge in [0.1, 0.15) is 5.75 Å². The van der Waals surface area contributed by atoms with E-state index in [1.807, 2.05) is 18.2 Å². The maximum atomic E-state index is 6.30. The lowest BCUT2D eigenvalue weighted by atomic mass is 9.86. The average Bonchev–Trinajstić information content (AvgIpc) is 2.50. The summed E-state index contributed by atoms with van der Waals surface area (Å²) in [6.45, 7) is 7.51. The first-order chi connectivity index (χ1) is 10.1. The molecule has 0 spiro atoms. The average molecular weight is 310 g/mol. The van der Waals surface area contributed by atoms with E-state index in [2.05, 4.69) is 26.1 Å². The molecule has 0 aliphatic heterocycles. The van der Waals surface area contributed by atoms with Gasteiger partial charge in [-0.2, -0.15) is 0 Å². The zero-order valence-corrected chi connectivity index (χ0v) is 14.2. The van der Waals surface area contributed by atoms with Crippen molar-refractivity contribution in [2.24, 2.45) is 5.92 Å². The number of benzene rings is 1. The lowest BCUT2D eigenvalue weighted by Gasteiger charge is -2.29. The van der Waals surface area contributed by atoms with Crippen LogP contribution in [0.1, 0.15) is 64.5 Å². The molecule has 1 aliphatic carbocycles. The van der Waals surface area contributed by atoms with Gasteiger partial charge in [-0.25, -0.2) is 0 Å². The monoisotopic (exact) mass is 309 g/mol. The Labute approximate surface area is 134 Å². The van der Waals surface area contributed by atoms with Crippen LogP contribution in [0.4, 0.5) is 0 Å². The molecule has 0 radical (unpaired) electrons. The molecular weight excluding hydrogens is 282 g/mol. The molecule has 1 fully saturated rings. The summed E-state index contributed by atoms with van der Waals surface area (Å²) in [6, 6.07) is 6.24. The van der Waals surface area contributed by atoms with Crippen molar-refractivity contribution in [3.05, 3.63) is 28.8 Å². The number of ether oxygens (including phenoxy) is 1. The van der Waals surface area contributed by atoms with Gasteiger partial charge >= 0.3 is 0 Å². The molecule has 2 rings (SSSR count). The highest BCUT2D eigenvalue weighted by molar-refractivity contribution is 6.30. The maximum absolute atomic E-state index is 6.30. The molecule has 1 atom stereocenters. The standard InChI is InChI=1S/C18H28ClNO/c1-4-14-6-9-16(10-7-14)21-18-11-8-15(19)12-17(18)13(3)20-5-2/h8,11-14,16,20H,4-7,9-10H2,1-3H3. The van der Waals surface area contributed by atoms with E-state index in [9.17, 15) is 0 Å². The van der Waals surface area contributed by atoms with Gasteiger partial charge in [0, 0.05) is 16.6 Å². The Morgan fingerprint density at radius 2 is 1.95 bits per heavy atom. The Morgan fingerprint density at radius 3 is 2.57 bits per heavy atom. The first-order valence-corrected chi connectivity index (χ1v) is 8.71. The molecule has 0 bridgehead atoms. The van der Waals surface area contributed by atoms with Gasteiger partial charge in [0.15, 0.2) is 0 Å². The fourth-order valence-electron chi connectivity index (χ4n) is 3.22. The molecule has 0 heterocycles. The molecular formula is C18H28ClNO. The smallest absolute Gasteiger partial charge is 0.124 e. The number of halogens is 1. The molecule has 0 amide bonds. The summed E-state index contributed by atoms with van der Waals surface area (Å²) in [6.07, 6.45) is 6.61. The molecule has 1 aliphatic rings. The van der Waals surface area contributed by atoms with Crippen molar-refractivity contribution in [2.45, 2.75) is 65.0 Å². The van der Waals surface area contributed by atoms with E-state index >= 15 is 0 Å². The SMILES string of the molecule is CCNC(C)c1cc(Cl)ccc1OC1CCC(CC)CC1.